The Hall–Kier alpha value is -2.54. The van der Waals surface area contributed by atoms with Gasteiger partial charge in [-0.05, 0) is 47.7 Å². The van der Waals surface area contributed by atoms with Crippen LogP contribution in [-0.4, -0.2) is 0 Å². The molecule has 3 aromatic rings. The summed E-state index contributed by atoms with van der Waals surface area (Å²) in [5.74, 6) is 2.26. The van der Waals surface area contributed by atoms with Crippen LogP contribution >= 0.6 is 0 Å². The van der Waals surface area contributed by atoms with Crippen molar-refractivity contribution in [2.24, 2.45) is 0 Å². The van der Waals surface area contributed by atoms with Crippen LogP contribution < -0.4 is 4.74 Å². The molecule has 0 unspecified atom stereocenters. The van der Waals surface area contributed by atoms with Gasteiger partial charge in [0.1, 0.15) is 11.5 Å². The summed E-state index contributed by atoms with van der Waals surface area (Å²) in [6, 6.07) is 24.7. The van der Waals surface area contributed by atoms with Gasteiger partial charge in [-0.3, -0.25) is 0 Å². The van der Waals surface area contributed by atoms with Gasteiger partial charge in [-0.1, -0.05) is 68.4 Å². The van der Waals surface area contributed by atoms with Crippen LogP contribution in [0.2, 0.25) is 0 Å². The van der Waals surface area contributed by atoms with Crippen molar-refractivity contribution in [1.82, 2.24) is 0 Å². The molecule has 0 aliphatic carbocycles. The van der Waals surface area contributed by atoms with Crippen LogP contribution in [0.4, 0.5) is 0 Å². The lowest BCUT2D eigenvalue weighted by molar-refractivity contribution is 0.484. The van der Waals surface area contributed by atoms with Crippen molar-refractivity contribution in [3.05, 3.63) is 83.9 Å². The topological polar surface area (TPSA) is 9.23 Å². The molecule has 0 aliphatic rings. The lowest BCUT2D eigenvalue weighted by Crippen LogP contribution is -1.98. The van der Waals surface area contributed by atoms with Crippen molar-refractivity contribution < 1.29 is 4.74 Å². The minimum absolute atomic E-state index is 0.489. The Bertz CT molecular complexity index is 774. The van der Waals surface area contributed by atoms with Crippen LogP contribution in [0.1, 0.15) is 30.9 Å². The normalized spacial score (nSPS) is 10.8. The molecular formula is C22H22O. The standard InChI is InChI=1S/C22H22O/c1-16(2)20-14-15-21(23-19-12-8-5-9-13-19)22(17(20)3)18-10-6-4-7-11-18/h4-16H,1-3H3. The highest BCUT2D eigenvalue weighted by molar-refractivity contribution is 5.75. The maximum atomic E-state index is 6.18. The lowest BCUT2D eigenvalue weighted by Gasteiger charge is -2.19. The smallest absolute Gasteiger partial charge is 0.135 e. The first kappa shape index (κ1) is 15.4. The Morgan fingerprint density at radius 1 is 0.739 bits per heavy atom. The van der Waals surface area contributed by atoms with Gasteiger partial charge in [0.05, 0.1) is 0 Å². The first-order valence-corrected chi connectivity index (χ1v) is 8.08. The van der Waals surface area contributed by atoms with Crippen LogP contribution in [0.5, 0.6) is 11.5 Å². The average Bonchev–Trinajstić information content (AvgIpc) is 2.56. The van der Waals surface area contributed by atoms with E-state index in [0.29, 0.717) is 5.92 Å². The Kier molecular flexibility index (Phi) is 4.47. The molecule has 0 atom stereocenters. The van der Waals surface area contributed by atoms with Crippen molar-refractivity contribution in [3.63, 3.8) is 0 Å². The second-order valence-electron chi connectivity index (χ2n) is 6.09. The second-order valence-corrected chi connectivity index (χ2v) is 6.09. The summed E-state index contributed by atoms with van der Waals surface area (Å²) < 4.78 is 6.18. The maximum Gasteiger partial charge on any atom is 0.135 e. The zero-order valence-corrected chi connectivity index (χ0v) is 13.9. The van der Waals surface area contributed by atoms with E-state index < -0.39 is 0 Å². The van der Waals surface area contributed by atoms with E-state index in [1.807, 2.05) is 36.4 Å². The van der Waals surface area contributed by atoms with E-state index in [4.69, 9.17) is 4.74 Å². The maximum absolute atomic E-state index is 6.18. The van der Waals surface area contributed by atoms with Gasteiger partial charge >= 0.3 is 0 Å². The molecule has 3 aromatic carbocycles. The largest absolute Gasteiger partial charge is 0.457 e. The van der Waals surface area contributed by atoms with E-state index in [2.05, 4.69) is 57.2 Å². The Balaban J connectivity index is 2.14. The van der Waals surface area contributed by atoms with Crippen molar-refractivity contribution in [3.8, 4) is 22.6 Å². The Morgan fingerprint density at radius 2 is 1.35 bits per heavy atom. The van der Waals surface area contributed by atoms with E-state index >= 15 is 0 Å². The summed E-state index contributed by atoms with van der Waals surface area (Å²) in [6.07, 6.45) is 0. The fourth-order valence-corrected chi connectivity index (χ4v) is 2.99. The van der Waals surface area contributed by atoms with Crippen LogP contribution in [-0.2, 0) is 0 Å². The molecule has 0 aliphatic heterocycles. The molecule has 3 rings (SSSR count). The molecular weight excluding hydrogens is 280 g/mol. The Labute approximate surface area is 138 Å². The summed E-state index contributed by atoms with van der Waals surface area (Å²) in [4.78, 5) is 0. The number of benzene rings is 3. The molecule has 0 N–H and O–H groups in total. The summed E-state index contributed by atoms with van der Waals surface area (Å²) in [5, 5.41) is 0. The van der Waals surface area contributed by atoms with Gasteiger partial charge in [-0.2, -0.15) is 0 Å². The number of rotatable bonds is 4. The first-order chi connectivity index (χ1) is 11.2. The molecule has 0 spiro atoms. The lowest BCUT2D eigenvalue weighted by atomic mass is 9.90. The molecule has 116 valence electrons. The first-order valence-electron chi connectivity index (χ1n) is 8.08. The third-order valence-corrected chi connectivity index (χ3v) is 4.12. The summed E-state index contributed by atoms with van der Waals surface area (Å²) in [6.45, 7) is 6.65. The van der Waals surface area contributed by atoms with E-state index in [-0.39, 0.29) is 0 Å². The zero-order valence-electron chi connectivity index (χ0n) is 13.9. The number of hydrogen-bond donors (Lipinski definition) is 0. The predicted octanol–water partition coefficient (Wildman–Crippen LogP) is 6.58. The molecule has 0 saturated heterocycles. The van der Waals surface area contributed by atoms with Gasteiger partial charge in [0.2, 0.25) is 0 Å². The molecule has 0 aromatic heterocycles. The number of hydrogen-bond acceptors (Lipinski definition) is 1. The SMILES string of the molecule is Cc1c(C(C)C)ccc(Oc2ccccc2)c1-c1ccccc1. The van der Waals surface area contributed by atoms with Crippen molar-refractivity contribution >= 4 is 0 Å². The van der Waals surface area contributed by atoms with E-state index in [1.54, 1.807) is 0 Å². The van der Waals surface area contributed by atoms with Gasteiger partial charge in [0, 0.05) is 5.56 Å². The fraction of sp³-hybridized carbons (Fsp3) is 0.182. The molecule has 0 fully saturated rings. The van der Waals surface area contributed by atoms with Crippen molar-refractivity contribution in [1.29, 1.82) is 0 Å². The highest BCUT2D eigenvalue weighted by Crippen LogP contribution is 2.39. The van der Waals surface area contributed by atoms with Gasteiger partial charge in [0.25, 0.3) is 0 Å². The number of para-hydroxylation sites is 1. The van der Waals surface area contributed by atoms with E-state index in [9.17, 15) is 0 Å². The minimum atomic E-state index is 0.489. The van der Waals surface area contributed by atoms with Gasteiger partial charge < -0.3 is 4.74 Å². The predicted molar refractivity (Wildman–Crippen MR) is 97.2 cm³/mol. The van der Waals surface area contributed by atoms with Crippen molar-refractivity contribution in [2.75, 3.05) is 0 Å². The van der Waals surface area contributed by atoms with Crippen LogP contribution in [0.25, 0.3) is 11.1 Å². The van der Waals surface area contributed by atoms with E-state index in [1.165, 1.54) is 22.3 Å². The summed E-state index contributed by atoms with van der Waals surface area (Å²) in [5.41, 5.74) is 5.03. The quantitative estimate of drug-likeness (QED) is 0.529. The Morgan fingerprint density at radius 3 is 1.96 bits per heavy atom. The zero-order chi connectivity index (χ0) is 16.2. The summed E-state index contributed by atoms with van der Waals surface area (Å²) in [7, 11) is 0. The fourth-order valence-electron chi connectivity index (χ4n) is 2.99. The average molecular weight is 302 g/mol. The molecule has 0 heterocycles. The molecule has 0 bridgehead atoms. The third-order valence-electron chi connectivity index (χ3n) is 4.12. The van der Waals surface area contributed by atoms with Gasteiger partial charge in [0.15, 0.2) is 0 Å². The third kappa shape index (κ3) is 3.29. The molecule has 1 heteroatoms. The highest BCUT2D eigenvalue weighted by atomic mass is 16.5. The molecule has 0 amide bonds. The highest BCUT2D eigenvalue weighted by Gasteiger charge is 2.15. The molecule has 23 heavy (non-hydrogen) atoms. The number of ether oxygens (including phenoxy) is 1. The van der Waals surface area contributed by atoms with E-state index in [0.717, 1.165) is 11.5 Å². The van der Waals surface area contributed by atoms with Gasteiger partial charge in [-0.25, -0.2) is 0 Å². The summed E-state index contributed by atoms with van der Waals surface area (Å²) >= 11 is 0. The molecule has 1 nitrogen and oxygen atoms in total. The second kappa shape index (κ2) is 6.70. The molecule has 0 saturated carbocycles. The monoisotopic (exact) mass is 302 g/mol. The van der Waals surface area contributed by atoms with Gasteiger partial charge in [-0.15, -0.1) is 0 Å². The van der Waals surface area contributed by atoms with Crippen LogP contribution in [0, 0.1) is 6.92 Å². The minimum Gasteiger partial charge on any atom is -0.457 e. The van der Waals surface area contributed by atoms with Crippen LogP contribution in [0.3, 0.4) is 0 Å². The van der Waals surface area contributed by atoms with Crippen LogP contribution in [0.15, 0.2) is 72.8 Å². The molecule has 0 radical (unpaired) electrons. The van der Waals surface area contributed by atoms with Crippen molar-refractivity contribution in [2.45, 2.75) is 26.7 Å².